The highest BCUT2D eigenvalue weighted by Gasteiger charge is 2.28. The van der Waals surface area contributed by atoms with Gasteiger partial charge in [-0.15, -0.1) is 0 Å². The van der Waals surface area contributed by atoms with Gasteiger partial charge in [-0.1, -0.05) is 13.0 Å². The predicted molar refractivity (Wildman–Crippen MR) is 98.0 cm³/mol. The molecule has 0 radical (unpaired) electrons. The average molecular weight is 345 g/mol. The van der Waals surface area contributed by atoms with Crippen molar-refractivity contribution >= 4 is 23.4 Å². The van der Waals surface area contributed by atoms with E-state index in [2.05, 4.69) is 23.2 Å². The normalized spacial score (nSPS) is 21.9. The number of carboxylic acid groups (broad SMARTS) is 1. The maximum absolute atomic E-state index is 12.5. The number of carbonyl (C=O) groups is 2. The Morgan fingerprint density at radius 1 is 1.16 bits per heavy atom. The molecule has 2 fully saturated rings. The SMILES string of the molecule is CC1CCN(c2cccc(NC(=O)N3CCCC(C(=O)O)C3)c2)CC1. The van der Waals surface area contributed by atoms with E-state index in [9.17, 15) is 9.59 Å². The minimum Gasteiger partial charge on any atom is -0.481 e. The van der Waals surface area contributed by atoms with E-state index >= 15 is 0 Å². The number of hydrogen-bond acceptors (Lipinski definition) is 3. The Balaban J connectivity index is 1.61. The Hall–Kier alpha value is -2.24. The molecular formula is C19H27N3O3. The summed E-state index contributed by atoms with van der Waals surface area (Å²) in [4.78, 5) is 27.6. The first-order valence-electron chi connectivity index (χ1n) is 9.16. The minimum absolute atomic E-state index is 0.213. The van der Waals surface area contributed by atoms with Gasteiger partial charge in [0.05, 0.1) is 5.92 Å². The number of hydrogen-bond donors (Lipinski definition) is 2. The highest BCUT2D eigenvalue weighted by atomic mass is 16.4. The van der Waals surface area contributed by atoms with Crippen LogP contribution in [0.3, 0.4) is 0 Å². The van der Waals surface area contributed by atoms with Crippen LogP contribution in [0.25, 0.3) is 0 Å². The molecule has 1 unspecified atom stereocenters. The second kappa shape index (κ2) is 7.76. The molecule has 2 aliphatic rings. The second-order valence-electron chi connectivity index (χ2n) is 7.27. The van der Waals surface area contributed by atoms with E-state index in [0.717, 1.165) is 36.8 Å². The maximum Gasteiger partial charge on any atom is 0.321 e. The molecule has 0 spiro atoms. The zero-order valence-corrected chi connectivity index (χ0v) is 14.8. The van der Waals surface area contributed by atoms with Gasteiger partial charge >= 0.3 is 12.0 Å². The van der Waals surface area contributed by atoms with E-state index in [1.807, 2.05) is 18.2 Å². The molecule has 6 heteroatoms. The van der Waals surface area contributed by atoms with Gasteiger partial charge in [-0.05, 0) is 49.8 Å². The number of aliphatic carboxylic acids is 1. The Labute approximate surface area is 148 Å². The van der Waals surface area contributed by atoms with Gasteiger partial charge in [0.1, 0.15) is 0 Å². The highest BCUT2D eigenvalue weighted by molar-refractivity contribution is 5.90. The van der Waals surface area contributed by atoms with Crippen LogP contribution in [0.5, 0.6) is 0 Å². The first-order valence-corrected chi connectivity index (χ1v) is 9.16. The van der Waals surface area contributed by atoms with E-state index in [-0.39, 0.29) is 12.6 Å². The van der Waals surface area contributed by atoms with Crippen LogP contribution >= 0.6 is 0 Å². The molecule has 2 heterocycles. The van der Waals surface area contributed by atoms with Crippen molar-refractivity contribution in [2.24, 2.45) is 11.8 Å². The maximum atomic E-state index is 12.5. The summed E-state index contributed by atoms with van der Waals surface area (Å²) >= 11 is 0. The second-order valence-corrected chi connectivity index (χ2v) is 7.27. The van der Waals surface area contributed by atoms with Crippen LogP contribution in [0.1, 0.15) is 32.6 Å². The fourth-order valence-electron chi connectivity index (χ4n) is 3.61. The zero-order valence-electron chi connectivity index (χ0n) is 14.8. The van der Waals surface area contributed by atoms with Gasteiger partial charge in [-0.2, -0.15) is 0 Å². The summed E-state index contributed by atoms with van der Waals surface area (Å²) < 4.78 is 0. The molecule has 2 saturated heterocycles. The molecule has 2 N–H and O–H groups in total. The number of amides is 2. The fourth-order valence-corrected chi connectivity index (χ4v) is 3.61. The van der Waals surface area contributed by atoms with Crippen molar-refractivity contribution in [3.05, 3.63) is 24.3 Å². The van der Waals surface area contributed by atoms with Crippen LogP contribution in [0.15, 0.2) is 24.3 Å². The molecular weight excluding hydrogens is 318 g/mol. The summed E-state index contributed by atoms with van der Waals surface area (Å²) in [5, 5.41) is 12.1. The molecule has 6 nitrogen and oxygen atoms in total. The van der Waals surface area contributed by atoms with E-state index in [1.54, 1.807) is 4.90 Å². The predicted octanol–water partition coefficient (Wildman–Crippen LogP) is 3.25. The van der Waals surface area contributed by atoms with Gasteiger partial charge in [0, 0.05) is 37.6 Å². The number of urea groups is 1. The van der Waals surface area contributed by atoms with Crippen molar-refractivity contribution in [1.29, 1.82) is 0 Å². The van der Waals surface area contributed by atoms with Crippen molar-refractivity contribution < 1.29 is 14.7 Å². The first kappa shape index (κ1) is 17.6. The molecule has 1 aromatic rings. The number of benzene rings is 1. The third-order valence-corrected chi connectivity index (χ3v) is 5.30. The van der Waals surface area contributed by atoms with Gasteiger partial charge in [-0.3, -0.25) is 4.79 Å². The molecule has 1 atom stereocenters. The van der Waals surface area contributed by atoms with Crippen LogP contribution < -0.4 is 10.2 Å². The summed E-state index contributed by atoms with van der Waals surface area (Å²) in [7, 11) is 0. The number of carboxylic acids is 1. The van der Waals surface area contributed by atoms with E-state index in [0.29, 0.717) is 13.0 Å². The minimum atomic E-state index is -0.821. The molecule has 2 amide bonds. The number of nitrogens with one attached hydrogen (secondary N) is 1. The van der Waals surface area contributed by atoms with E-state index in [1.165, 1.54) is 12.8 Å². The monoisotopic (exact) mass is 345 g/mol. The quantitative estimate of drug-likeness (QED) is 0.882. The van der Waals surface area contributed by atoms with Crippen molar-refractivity contribution in [3.8, 4) is 0 Å². The van der Waals surface area contributed by atoms with Crippen LogP contribution in [-0.2, 0) is 4.79 Å². The number of anilines is 2. The van der Waals surface area contributed by atoms with Crippen molar-refractivity contribution in [1.82, 2.24) is 4.90 Å². The van der Waals surface area contributed by atoms with Crippen molar-refractivity contribution in [2.75, 3.05) is 36.4 Å². The van der Waals surface area contributed by atoms with Gasteiger partial charge in [-0.25, -0.2) is 4.79 Å². The van der Waals surface area contributed by atoms with Crippen molar-refractivity contribution in [3.63, 3.8) is 0 Å². The largest absolute Gasteiger partial charge is 0.481 e. The number of likely N-dealkylation sites (tertiary alicyclic amines) is 1. The average Bonchev–Trinajstić information content (AvgIpc) is 2.62. The van der Waals surface area contributed by atoms with Gasteiger partial charge in [0.2, 0.25) is 0 Å². The molecule has 136 valence electrons. The molecule has 0 bridgehead atoms. The fraction of sp³-hybridized carbons (Fsp3) is 0.579. The highest BCUT2D eigenvalue weighted by Crippen LogP contribution is 2.25. The number of nitrogens with zero attached hydrogens (tertiary/aromatic N) is 2. The molecule has 0 saturated carbocycles. The summed E-state index contributed by atoms with van der Waals surface area (Å²) in [5.41, 5.74) is 1.89. The summed E-state index contributed by atoms with van der Waals surface area (Å²) in [6, 6.07) is 7.71. The van der Waals surface area contributed by atoms with E-state index < -0.39 is 11.9 Å². The van der Waals surface area contributed by atoms with E-state index in [4.69, 9.17) is 5.11 Å². The lowest BCUT2D eigenvalue weighted by Crippen LogP contribution is -2.44. The van der Waals surface area contributed by atoms with Gasteiger partial charge in [0.25, 0.3) is 0 Å². The summed E-state index contributed by atoms with van der Waals surface area (Å²) in [6.45, 7) is 5.27. The first-order chi connectivity index (χ1) is 12.0. The third kappa shape index (κ3) is 4.44. The number of piperidine rings is 2. The smallest absolute Gasteiger partial charge is 0.321 e. The molecule has 1 aromatic carbocycles. The molecule has 25 heavy (non-hydrogen) atoms. The summed E-state index contributed by atoms with van der Waals surface area (Å²) in [6.07, 6.45) is 3.76. The molecule has 0 aliphatic carbocycles. The standard InChI is InChI=1S/C19H27N3O3/c1-14-7-10-21(11-8-14)17-6-2-5-16(12-17)20-19(25)22-9-3-4-15(13-22)18(23)24/h2,5-6,12,14-15H,3-4,7-11,13H2,1H3,(H,20,25)(H,23,24). The van der Waals surface area contributed by atoms with Crippen LogP contribution in [-0.4, -0.2) is 48.2 Å². The number of carbonyl (C=O) groups excluding carboxylic acids is 1. The van der Waals surface area contributed by atoms with Gasteiger partial charge < -0.3 is 20.2 Å². The molecule has 2 aliphatic heterocycles. The lowest BCUT2D eigenvalue weighted by Gasteiger charge is -2.33. The van der Waals surface area contributed by atoms with Crippen molar-refractivity contribution in [2.45, 2.75) is 32.6 Å². The summed E-state index contributed by atoms with van der Waals surface area (Å²) in [5.74, 6) is -0.500. The third-order valence-electron chi connectivity index (χ3n) is 5.30. The topological polar surface area (TPSA) is 72.9 Å². The van der Waals surface area contributed by atoms with Gasteiger partial charge in [0.15, 0.2) is 0 Å². The van der Waals surface area contributed by atoms with Crippen LogP contribution in [0.2, 0.25) is 0 Å². The molecule has 0 aromatic heterocycles. The van der Waals surface area contributed by atoms with Crippen LogP contribution in [0, 0.1) is 11.8 Å². The number of rotatable bonds is 3. The Bertz CT molecular complexity index is 626. The lowest BCUT2D eigenvalue weighted by atomic mass is 9.98. The van der Waals surface area contributed by atoms with Crippen LogP contribution in [0.4, 0.5) is 16.2 Å². The Morgan fingerprint density at radius 2 is 1.92 bits per heavy atom. The lowest BCUT2D eigenvalue weighted by molar-refractivity contribution is -0.143. The molecule has 3 rings (SSSR count). The Kier molecular flexibility index (Phi) is 5.46. The Morgan fingerprint density at radius 3 is 2.64 bits per heavy atom. The zero-order chi connectivity index (χ0) is 17.8.